The molecule has 6 heteroatoms. The molecular weight excluding hydrogens is 310 g/mol. The first-order valence-corrected chi connectivity index (χ1v) is 7.36. The van der Waals surface area contributed by atoms with Gasteiger partial charge in [0, 0.05) is 9.79 Å². The average Bonchev–Trinajstić information content (AvgIpc) is 2.43. The predicted molar refractivity (Wildman–Crippen MR) is 89.5 cm³/mol. The van der Waals surface area contributed by atoms with E-state index in [-0.39, 0.29) is 5.11 Å². The Morgan fingerprint density at radius 1 is 1.20 bits per heavy atom. The zero-order valence-electron chi connectivity index (χ0n) is 10.4. The van der Waals surface area contributed by atoms with Gasteiger partial charge in [-0.2, -0.15) is 5.10 Å². The Kier molecular flexibility index (Phi) is 5.40. The third-order valence-electron chi connectivity index (χ3n) is 2.33. The van der Waals surface area contributed by atoms with Crippen LogP contribution in [0.2, 0.25) is 5.02 Å². The quantitative estimate of drug-likeness (QED) is 0.512. The Balaban J connectivity index is 2.03. The highest BCUT2D eigenvalue weighted by molar-refractivity contribution is 7.99. The number of hydrogen-bond acceptors (Lipinski definition) is 3. The summed E-state index contributed by atoms with van der Waals surface area (Å²) in [7, 11) is 0. The van der Waals surface area contributed by atoms with Crippen molar-refractivity contribution in [1.29, 1.82) is 0 Å². The predicted octanol–water partition coefficient (Wildman–Crippen LogP) is 3.66. The SMILES string of the molecule is NC(=S)NN=Cc1ccc(Sc2ccccc2Cl)cc1. The summed E-state index contributed by atoms with van der Waals surface area (Å²) in [6.45, 7) is 0. The molecule has 0 amide bonds. The Bertz CT molecular complexity index is 627. The first-order chi connectivity index (χ1) is 9.65. The van der Waals surface area contributed by atoms with Gasteiger partial charge in [0.05, 0.1) is 11.2 Å². The van der Waals surface area contributed by atoms with Gasteiger partial charge in [0.2, 0.25) is 0 Å². The minimum absolute atomic E-state index is 0.146. The van der Waals surface area contributed by atoms with Crippen LogP contribution >= 0.6 is 35.6 Å². The van der Waals surface area contributed by atoms with Gasteiger partial charge in [-0.05, 0) is 42.0 Å². The molecule has 2 aromatic carbocycles. The first kappa shape index (κ1) is 14.8. The summed E-state index contributed by atoms with van der Waals surface area (Å²) in [5.41, 5.74) is 8.74. The standard InChI is InChI=1S/C14H12ClN3S2/c15-12-3-1-2-4-13(12)20-11-7-5-10(6-8-11)9-17-18-14(16)19/h1-9H,(H3,16,18,19). The van der Waals surface area contributed by atoms with Crippen molar-refractivity contribution in [1.82, 2.24) is 5.43 Å². The summed E-state index contributed by atoms with van der Waals surface area (Å²) >= 11 is 12.4. The van der Waals surface area contributed by atoms with Crippen LogP contribution in [-0.2, 0) is 0 Å². The number of thiocarbonyl (C=S) groups is 1. The van der Waals surface area contributed by atoms with Gasteiger partial charge in [-0.15, -0.1) is 0 Å². The monoisotopic (exact) mass is 321 g/mol. The first-order valence-electron chi connectivity index (χ1n) is 5.76. The van der Waals surface area contributed by atoms with Crippen molar-refractivity contribution in [2.45, 2.75) is 9.79 Å². The van der Waals surface area contributed by atoms with Gasteiger partial charge < -0.3 is 5.73 Å². The van der Waals surface area contributed by atoms with Crippen LogP contribution in [0.25, 0.3) is 0 Å². The summed E-state index contributed by atoms with van der Waals surface area (Å²) in [4.78, 5) is 2.14. The second-order valence-electron chi connectivity index (χ2n) is 3.84. The smallest absolute Gasteiger partial charge is 0.184 e. The average molecular weight is 322 g/mol. The molecule has 0 spiro atoms. The van der Waals surface area contributed by atoms with Crippen LogP contribution in [0.4, 0.5) is 0 Å². The molecule has 0 fully saturated rings. The fourth-order valence-electron chi connectivity index (χ4n) is 1.45. The molecule has 20 heavy (non-hydrogen) atoms. The van der Waals surface area contributed by atoms with E-state index in [1.54, 1.807) is 18.0 Å². The Labute approximate surface area is 132 Å². The van der Waals surface area contributed by atoms with Gasteiger partial charge >= 0.3 is 0 Å². The number of benzene rings is 2. The number of hydrazone groups is 1. The summed E-state index contributed by atoms with van der Waals surface area (Å²) in [6, 6.07) is 15.7. The molecule has 0 aliphatic rings. The van der Waals surface area contributed by atoms with Crippen LogP contribution in [0.15, 0.2) is 63.4 Å². The third kappa shape index (κ3) is 4.52. The second kappa shape index (κ2) is 7.28. The maximum absolute atomic E-state index is 6.13. The fraction of sp³-hybridized carbons (Fsp3) is 0. The van der Waals surface area contributed by atoms with Crippen molar-refractivity contribution >= 4 is 46.9 Å². The fourth-order valence-corrected chi connectivity index (χ4v) is 2.59. The lowest BCUT2D eigenvalue weighted by molar-refractivity contribution is 1.04. The van der Waals surface area contributed by atoms with E-state index in [1.165, 1.54) is 0 Å². The maximum atomic E-state index is 6.13. The van der Waals surface area contributed by atoms with E-state index in [4.69, 9.17) is 17.3 Å². The largest absolute Gasteiger partial charge is 0.375 e. The van der Waals surface area contributed by atoms with Crippen molar-refractivity contribution in [3.05, 3.63) is 59.1 Å². The summed E-state index contributed by atoms with van der Waals surface area (Å²) in [6.07, 6.45) is 1.66. The van der Waals surface area contributed by atoms with Gasteiger partial charge in [0.25, 0.3) is 0 Å². The number of halogens is 1. The lowest BCUT2D eigenvalue weighted by Crippen LogP contribution is -2.23. The molecule has 2 rings (SSSR count). The van der Waals surface area contributed by atoms with E-state index in [0.717, 1.165) is 20.4 Å². The molecule has 0 saturated heterocycles. The highest BCUT2D eigenvalue weighted by Gasteiger charge is 2.01. The topological polar surface area (TPSA) is 50.4 Å². The van der Waals surface area contributed by atoms with Crippen molar-refractivity contribution in [3.63, 3.8) is 0 Å². The lowest BCUT2D eigenvalue weighted by atomic mass is 10.2. The van der Waals surface area contributed by atoms with E-state index in [1.807, 2.05) is 48.5 Å². The van der Waals surface area contributed by atoms with Crippen LogP contribution in [0, 0.1) is 0 Å². The molecule has 102 valence electrons. The number of hydrogen-bond donors (Lipinski definition) is 2. The van der Waals surface area contributed by atoms with Gasteiger partial charge in [-0.1, -0.05) is 47.6 Å². The third-order valence-corrected chi connectivity index (χ3v) is 3.95. The van der Waals surface area contributed by atoms with Crippen molar-refractivity contribution in [2.24, 2.45) is 10.8 Å². The molecule has 2 aromatic rings. The van der Waals surface area contributed by atoms with E-state index in [0.29, 0.717) is 0 Å². The Morgan fingerprint density at radius 2 is 1.90 bits per heavy atom. The Morgan fingerprint density at radius 3 is 2.55 bits per heavy atom. The molecule has 0 aromatic heterocycles. The van der Waals surface area contributed by atoms with Crippen LogP contribution in [0.3, 0.4) is 0 Å². The second-order valence-corrected chi connectivity index (χ2v) is 5.80. The number of nitrogens with zero attached hydrogens (tertiary/aromatic N) is 1. The zero-order chi connectivity index (χ0) is 14.4. The van der Waals surface area contributed by atoms with Crippen molar-refractivity contribution in [3.8, 4) is 0 Å². The highest BCUT2D eigenvalue weighted by Crippen LogP contribution is 2.32. The molecule has 3 N–H and O–H groups in total. The molecule has 0 aliphatic heterocycles. The molecule has 0 radical (unpaired) electrons. The minimum Gasteiger partial charge on any atom is -0.375 e. The van der Waals surface area contributed by atoms with E-state index >= 15 is 0 Å². The van der Waals surface area contributed by atoms with Crippen LogP contribution in [-0.4, -0.2) is 11.3 Å². The lowest BCUT2D eigenvalue weighted by Gasteiger charge is -2.04. The van der Waals surface area contributed by atoms with Crippen molar-refractivity contribution in [2.75, 3.05) is 0 Å². The van der Waals surface area contributed by atoms with Crippen molar-refractivity contribution < 1.29 is 0 Å². The van der Waals surface area contributed by atoms with Gasteiger partial charge in [-0.3, -0.25) is 5.43 Å². The number of rotatable bonds is 4. The Hall–Kier alpha value is -1.56. The van der Waals surface area contributed by atoms with Crippen LogP contribution < -0.4 is 11.2 Å². The molecule has 0 bridgehead atoms. The van der Waals surface area contributed by atoms with Crippen LogP contribution in [0.5, 0.6) is 0 Å². The van der Waals surface area contributed by atoms with E-state index in [2.05, 4.69) is 22.7 Å². The van der Waals surface area contributed by atoms with Gasteiger partial charge in [0.1, 0.15) is 0 Å². The molecule has 0 aliphatic carbocycles. The van der Waals surface area contributed by atoms with Gasteiger partial charge in [-0.25, -0.2) is 0 Å². The molecule has 0 heterocycles. The molecule has 0 atom stereocenters. The zero-order valence-corrected chi connectivity index (χ0v) is 12.8. The van der Waals surface area contributed by atoms with Crippen LogP contribution in [0.1, 0.15) is 5.56 Å². The molecule has 3 nitrogen and oxygen atoms in total. The highest BCUT2D eigenvalue weighted by atomic mass is 35.5. The number of nitrogens with one attached hydrogen (secondary N) is 1. The molecule has 0 saturated carbocycles. The number of nitrogens with two attached hydrogens (primary N) is 1. The molecular formula is C14H12ClN3S2. The summed E-state index contributed by atoms with van der Waals surface area (Å²) in [5, 5.41) is 4.80. The molecule has 0 unspecified atom stereocenters. The normalized spacial score (nSPS) is 10.7. The maximum Gasteiger partial charge on any atom is 0.184 e. The summed E-state index contributed by atoms with van der Waals surface area (Å²) < 4.78 is 0. The van der Waals surface area contributed by atoms with Gasteiger partial charge in [0.15, 0.2) is 5.11 Å². The minimum atomic E-state index is 0.146. The van der Waals surface area contributed by atoms with E-state index < -0.39 is 0 Å². The van der Waals surface area contributed by atoms with E-state index in [9.17, 15) is 0 Å². The summed E-state index contributed by atoms with van der Waals surface area (Å²) in [5.74, 6) is 0.